The lowest BCUT2D eigenvalue weighted by molar-refractivity contribution is -0.192. The summed E-state index contributed by atoms with van der Waals surface area (Å²) < 4.78 is 58.1. The number of nitrogens with zero attached hydrogens (tertiary/aromatic N) is 3. The zero-order valence-corrected chi connectivity index (χ0v) is 21.9. The van der Waals surface area contributed by atoms with Crippen molar-refractivity contribution in [1.29, 1.82) is 0 Å². The summed E-state index contributed by atoms with van der Waals surface area (Å²) in [6, 6.07) is 16.6. The van der Waals surface area contributed by atoms with Crippen LogP contribution in [0.1, 0.15) is 24.0 Å². The number of amidine groups is 1. The Labute approximate surface area is 220 Å². The number of likely N-dealkylation sites (N-methyl/N-ethyl adjacent to an activating group) is 1. The second-order valence-electron chi connectivity index (χ2n) is 8.47. The number of hydrogen-bond acceptors (Lipinski definition) is 6. The fraction of sp³-hybridized carbons (Fsp3) is 0.400. The summed E-state index contributed by atoms with van der Waals surface area (Å²) in [5.74, 6) is -1.79. The smallest absolute Gasteiger partial charge is 0.475 e. The van der Waals surface area contributed by atoms with E-state index in [4.69, 9.17) is 9.90 Å². The van der Waals surface area contributed by atoms with Crippen molar-refractivity contribution >= 4 is 27.7 Å². The number of aliphatic carboxylic acids is 1. The Morgan fingerprint density at radius 1 is 1.03 bits per heavy atom. The van der Waals surface area contributed by atoms with Gasteiger partial charge in [-0.25, -0.2) is 17.5 Å². The second kappa shape index (κ2) is 13.9. The molecule has 0 atom stereocenters. The van der Waals surface area contributed by atoms with E-state index in [0.717, 1.165) is 36.5 Å². The van der Waals surface area contributed by atoms with Gasteiger partial charge in [0.05, 0.1) is 11.4 Å². The van der Waals surface area contributed by atoms with Crippen LogP contribution in [0.4, 0.5) is 13.2 Å². The molecule has 2 N–H and O–H groups in total. The highest BCUT2D eigenvalue weighted by atomic mass is 32.2. The molecule has 2 aromatic carbocycles. The highest BCUT2D eigenvalue weighted by Gasteiger charge is 2.38. The summed E-state index contributed by atoms with van der Waals surface area (Å²) in [5.41, 5.74) is 2.25. The van der Waals surface area contributed by atoms with Crippen LogP contribution in [0.25, 0.3) is 0 Å². The molecule has 3 rings (SSSR count). The molecule has 13 heteroatoms. The Morgan fingerprint density at radius 2 is 1.63 bits per heavy atom. The van der Waals surface area contributed by atoms with E-state index in [-0.39, 0.29) is 10.8 Å². The number of rotatable bonds is 10. The zero-order chi connectivity index (χ0) is 28.3. The average Bonchev–Trinajstić information content (AvgIpc) is 3.43. The fourth-order valence-corrected chi connectivity index (χ4v) is 4.61. The maximum absolute atomic E-state index is 12.5. The lowest BCUT2D eigenvalue weighted by Gasteiger charge is -2.19. The van der Waals surface area contributed by atoms with Crippen molar-refractivity contribution in [2.45, 2.75) is 30.3 Å². The van der Waals surface area contributed by atoms with Gasteiger partial charge >= 0.3 is 12.1 Å². The van der Waals surface area contributed by atoms with Gasteiger partial charge in [0.25, 0.3) is 0 Å². The molecule has 2 aromatic rings. The van der Waals surface area contributed by atoms with Gasteiger partial charge in [0.15, 0.2) is 0 Å². The van der Waals surface area contributed by atoms with E-state index < -0.39 is 22.2 Å². The first-order valence-electron chi connectivity index (χ1n) is 11.8. The lowest BCUT2D eigenvalue weighted by atomic mass is 10.1. The molecule has 0 unspecified atom stereocenters. The van der Waals surface area contributed by atoms with Gasteiger partial charge in [-0.15, -0.1) is 0 Å². The molecule has 0 aliphatic carbocycles. The molecule has 0 spiro atoms. The van der Waals surface area contributed by atoms with E-state index in [9.17, 15) is 26.4 Å². The fourth-order valence-electron chi connectivity index (χ4n) is 3.38. The predicted molar refractivity (Wildman–Crippen MR) is 136 cm³/mol. The quantitative estimate of drug-likeness (QED) is 0.465. The second-order valence-corrected chi connectivity index (χ2v) is 10.5. The lowest BCUT2D eigenvalue weighted by Crippen LogP contribution is -2.31. The Hall–Kier alpha value is -3.45. The Balaban J connectivity index is 0.000000638. The molecule has 0 saturated heterocycles. The van der Waals surface area contributed by atoms with Gasteiger partial charge < -0.3 is 15.3 Å². The molecule has 0 bridgehead atoms. The van der Waals surface area contributed by atoms with Crippen molar-refractivity contribution in [3.05, 3.63) is 65.7 Å². The standard InChI is InChI=1S/C23H30N4O3S.C2HF3O2/c1-26(18-14-19-10-12-20(13-11-19)23-24-15-16-25-23)22(28)9-6-17-27(2)31(29,30)21-7-4-3-5-8-21;3-2(4,5)1(6)7/h3-5,7-8,10-13H,6,9,14-18H2,1-2H3,(H,24,25);(H,6,7). The predicted octanol–water partition coefficient (Wildman–Crippen LogP) is 2.77. The number of nitrogens with one attached hydrogen (secondary N) is 1. The molecule has 208 valence electrons. The van der Waals surface area contributed by atoms with Gasteiger partial charge in [0.1, 0.15) is 5.84 Å². The number of amides is 1. The minimum Gasteiger partial charge on any atom is -0.475 e. The van der Waals surface area contributed by atoms with Gasteiger partial charge in [-0.3, -0.25) is 9.79 Å². The van der Waals surface area contributed by atoms with Crippen molar-refractivity contribution in [3.8, 4) is 0 Å². The number of halogens is 3. The number of carboxylic acid groups (broad SMARTS) is 1. The number of benzene rings is 2. The number of carboxylic acids is 1. The number of alkyl halides is 3. The Bertz CT molecular complexity index is 1200. The van der Waals surface area contributed by atoms with E-state index in [1.54, 1.807) is 49.3 Å². The molecular weight excluding hydrogens is 525 g/mol. The van der Waals surface area contributed by atoms with Crippen LogP contribution in [0.15, 0.2) is 64.5 Å². The van der Waals surface area contributed by atoms with E-state index in [2.05, 4.69) is 34.6 Å². The highest BCUT2D eigenvalue weighted by Crippen LogP contribution is 2.15. The molecule has 0 radical (unpaired) electrons. The van der Waals surface area contributed by atoms with Gasteiger partial charge in [-0.05, 0) is 30.5 Å². The van der Waals surface area contributed by atoms with Gasteiger partial charge in [0, 0.05) is 45.7 Å². The van der Waals surface area contributed by atoms with Crippen LogP contribution >= 0.6 is 0 Å². The van der Waals surface area contributed by atoms with E-state index in [0.29, 0.717) is 25.9 Å². The van der Waals surface area contributed by atoms with Crippen LogP contribution in [0, 0.1) is 0 Å². The first kappa shape index (κ1) is 30.8. The number of carbonyl (C=O) groups excluding carboxylic acids is 1. The van der Waals surface area contributed by atoms with E-state index in [1.807, 2.05) is 0 Å². The molecule has 0 fully saturated rings. The summed E-state index contributed by atoms with van der Waals surface area (Å²) in [5, 5.41) is 10.4. The monoisotopic (exact) mass is 556 g/mol. The first-order chi connectivity index (χ1) is 17.8. The minimum absolute atomic E-state index is 0.0200. The maximum Gasteiger partial charge on any atom is 0.490 e. The molecule has 1 heterocycles. The summed E-state index contributed by atoms with van der Waals surface area (Å²) in [6.07, 6.45) is -3.52. The maximum atomic E-state index is 12.5. The molecule has 1 amide bonds. The number of sulfonamides is 1. The first-order valence-corrected chi connectivity index (χ1v) is 13.2. The van der Waals surface area contributed by atoms with Crippen LogP contribution in [-0.4, -0.2) is 86.9 Å². The Kier molecular flexibility index (Phi) is 11.3. The van der Waals surface area contributed by atoms with Crippen molar-refractivity contribution in [2.75, 3.05) is 40.3 Å². The van der Waals surface area contributed by atoms with Gasteiger partial charge in [-0.2, -0.15) is 13.2 Å². The van der Waals surface area contributed by atoms with Crippen LogP contribution in [0.3, 0.4) is 0 Å². The summed E-state index contributed by atoms with van der Waals surface area (Å²) in [4.78, 5) is 27.7. The van der Waals surface area contributed by atoms with Crippen molar-refractivity contribution in [1.82, 2.24) is 14.5 Å². The van der Waals surface area contributed by atoms with Crippen LogP contribution in [-0.2, 0) is 26.0 Å². The third-order valence-corrected chi connectivity index (χ3v) is 7.49. The third-order valence-electron chi connectivity index (χ3n) is 5.62. The number of hydrogen-bond donors (Lipinski definition) is 2. The molecule has 38 heavy (non-hydrogen) atoms. The SMILES string of the molecule is CN(CCc1ccc(C2=NCCN2)cc1)C(=O)CCCN(C)S(=O)(=O)c1ccccc1.O=C(O)C(F)(F)F. The summed E-state index contributed by atoms with van der Waals surface area (Å²) >= 11 is 0. The molecule has 0 aromatic heterocycles. The van der Waals surface area contributed by atoms with Crippen LogP contribution in [0.5, 0.6) is 0 Å². The molecule has 9 nitrogen and oxygen atoms in total. The minimum atomic E-state index is -5.08. The third kappa shape index (κ3) is 9.45. The largest absolute Gasteiger partial charge is 0.490 e. The van der Waals surface area contributed by atoms with Crippen molar-refractivity contribution < 1.29 is 36.3 Å². The van der Waals surface area contributed by atoms with Crippen molar-refractivity contribution in [3.63, 3.8) is 0 Å². The summed E-state index contributed by atoms with van der Waals surface area (Å²) in [6.45, 7) is 2.63. The molecule has 0 saturated carbocycles. The molecule has 1 aliphatic heterocycles. The van der Waals surface area contributed by atoms with Gasteiger partial charge in [-0.1, -0.05) is 42.5 Å². The topological polar surface area (TPSA) is 119 Å². The molecular formula is C25H31F3N4O5S. The normalized spacial score (nSPS) is 13.3. The van der Waals surface area contributed by atoms with Crippen LogP contribution in [0.2, 0.25) is 0 Å². The van der Waals surface area contributed by atoms with Gasteiger partial charge in [0.2, 0.25) is 15.9 Å². The summed E-state index contributed by atoms with van der Waals surface area (Å²) in [7, 11) is -0.179. The zero-order valence-electron chi connectivity index (χ0n) is 21.1. The van der Waals surface area contributed by atoms with Crippen LogP contribution < -0.4 is 5.32 Å². The Morgan fingerprint density at radius 3 is 2.16 bits per heavy atom. The number of carbonyl (C=O) groups is 2. The number of aliphatic imine (C=N–C) groups is 1. The average molecular weight is 557 g/mol. The van der Waals surface area contributed by atoms with E-state index >= 15 is 0 Å². The van der Waals surface area contributed by atoms with Crippen molar-refractivity contribution in [2.24, 2.45) is 4.99 Å². The van der Waals surface area contributed by atoms with E-state index in [1.165, 1.54) is 4.31 Å². The highest BCUT2D eigenvalue weighted by molar-refractivity contribution is 7.89. The molecule has 1 aliphatic rings.